The number of carboxylic acid groups (broad SMARTS) is 1. The number of benzene rings is 1. The van der Waals surface area contributed by atoms with E-state index in [2.05, 4.69) is 10.3 Å². The molecule has 0 bridgehead atoms. The highest BCUT2D eigenvalue weighted by molar-refractivity contribution is 7.11. The largest absolute Gasteiger partial charge is 0.478 e. The summed E-state index contributed by atoms with van der Waals surface area (Å²) in [5.41, 5.74) is 1.92. The van der Waals surface area contributed by atoms with Crippen LogP contribution in [0.25, 0.3) is 0 Å². The highest BCUT2D eigenvalue weighted by Gasteiger charge is 2.10. The van der Waals surface area contributed by atoms with E-state index < -0.39 is 5.97 Å². The summed E-state index contributed by atoms with van der Waals surface area (Å²) >= 11 is 1.63. The zero-order valence-electron chi connectivity index (χ0n) is 10.2. The van der Waals surface area contributed by atoms with Crippen LogP contribution in [0.5, 0.6) is 0 Å². The average molecular weight is 262 g/mol. The quantitative estimate of drug-likeness (QED) is 0.889. The molecule has 1 aromatic heterocycles. The van der Waals surface area contributed by atoms with Gasteiger partial charge in [-0.2, -0.15) is 0 Å². The molecule has 2 rings (SSSR count). The monoisotopic (exact) mass is 262 g/mol. The van der Waals surface area contributed by atoms with Crippen molar-refractivity contribution in [3.8, 4) is 0 Å². The second-order valence-electron chi connectivity index (χ2n) is 3.95. The third kappa shape index (κ3) is 2.68. The van der Waals surface area contributed by atoms with Gasteiger partial charge in [-0.05, 0) is 26.0 Å². The van der Waals surface area contributed by atoms with Crippen molar-refractivity contribution in [3.05, 3.63) is 45.4 Å². The molecule has 2 aromatic rings. The normalized spacial score (nSPS) is 10.3. The van der Waals surface area contributed by atoms with Gasteiger partial charge in [-0.3, -0.25) is 0 Å². The first-order valence-corrected chi connectivity index (χ1v) is 6.38. The van der Waals surface area contributed by atoms with Crippen molar-refractivity contribution >= 4 is 23.0 Å². The van der Waals surface area contributed by atoms with E-state index in [0.29, 0.717) is 12.2 Å². The predicted octanol–water partition coefficient (Wildman–Crippen LogP) is 3.07. The number of anilines is 1. The summed E-state index contributed by atoms with van der Waals surface area (Å²) in [4.78, 5) is 16.5. The molecule has 0 aliphatic rings. The molecule has 1 aromatic carbocycles. The first-order chi connectivity index (χ1) is 8.58. The van der Waals surface area contributed by atoms with Gasteiger partial charge in [-0.25, -0.2) is 9.78 Å². The number of aromatic nitrogens is 1. The third-order valence-electron chi connectivity index (χ3n) is 2.60. The Bertz CT molecular complexity index is 578. The van der Waals surface area contributed by atoms with Crippen LogP contribution < -0.4 is 5.32 Å². The van der Waals surface area contributed by atoms with E-state index in [0.717, 1.165) is 15.6 Å². The van der Waals surface area contributed by atoms with Crippen LogP contribution in [0.2, 0.25) is 0 Å². The highest BCUT2D eigenvalue weighted by atomic mass is 32.1. The van der Waals surface area contributed by atoms with Gasteiger partial charge in [0, 0.05) is 10.6 Å². The molecule has 0 spiro atoms. The summed E-state index contributed by atoms with van der Waals surface area (Å²) in [6.45, 7) is 4.53. The van der Waals surface area contributed by atoms with E-state index in [1.165, 1.54) is 0 Å². The highest BCUT2D eigenvalue weighted by Crippen LogP contribution is 2.20. The molecule has 18 heavy (non-hydrogen) atoms. The van der Waals surface area contributed by atoms with Crippen LogP contribution in [0.1, 0.15) is 25.9 Å². The van der Waals surface area contributed by atoms with Crippen LogP contribution in [0.15, 0.2) is 24.3 Å². The lowest BCUT2D eigenvalue weighted by Gasteiger charge is -2.08. The summed E-state index contributed by atoms with van der Waals surface area (Å²) in [5.74, 6) is -0.921. The Labute approximate surface area is 109 Å². The number of nitrogens with zero attached hydrogens (tertiary/aromatic N) is 1. The minimum Gasteiger partial charge on any atom is -0.478 e. The second kappa shape index (κ2) is 5.18. The lowest BCUT2D eigenvalue weighted by atomic mass is 10.2. The van der Waals surface area contributed by atoms with Gasteiger partial charge in [0.05, 0.1) is 22.8 Å². The molecule has 0 fully saturated rings. The minimum absolute atomic E-state index is 0.288. The van der Waals surface area contributed by atoms with Gasteiger partial charge in [0.25, 0.3) is 0 Å². The SMILES string of the molecule is Cc1nc(C)c(CNc2ccccc2C(=O)O)s1. The zero-order valence-corrected chi connectivity index (χ0v) is 11.0. The summed E-state index contributed by atoms with van der Waals surface area (Å²) in [6, 6.07) is 6.90. The lowest BCUT2D eigenvalue weighted by molar-refractivity contribution is 0.0698. The topological polar surface area (TPSA) is 62.2 Å². The molecule has 0 radical (unpaired) electrons. The molecule has 4 nitrogen and oxygen atoms in total. The van der Waals surface area contributed by atoms with Crippen molar-refractivity contribution in [2.24, 2.45) is 0 Å². The molecule has 0 aliphatic heterocycles. The van der Waals surface area contributed by atoms with Crippen molar-refractivity contribution in [2.75, 3.05) is 5.32 Å². The van der Waals surface area contributed by atoms with E-state index in [4.69, 9.17) is 5.11 Å². The van der Waals surface area contributed by atoms with Gasteiger partial charge in [0.2, 0.25) is 0 Å². The fourth-order valence-electron chi connectivity index (χ4n) is 1.74. The molecule has 94 valence electrons. The Morgan fingerprint density at radius 3 is 2.72 bits per heavy atom. The van der Waals surface area contributed by atoms with Gasteiger partial charge in [0.15, 0.2) is 0 Å². The van der Waals surface area contributed by atoms with Gasteiger partial charge < -0.3 is 10.4 Å². The molecule has 0 saturated heterocycles. The van der Waals surface area contributed by atoms with E-state index in [1.807, 2.05) is 19.9 Å². The summed E-state index contributed by atoms with van der Waals surface area (Å²) in [7, 11) is 0. The van der Waals surface area contributed by atoms with E-state index >= 15 is 0 Å². The lowest BCUT2D eigenvalue weighted by Crippen LogP contribution is -2.05. The standard InChI is InChI=1S/C13H14N2O2S/c1-8-12(18-9(2)15-8)7-14-11-6-4-3-5-10(11)13(16)17/h3-6,14H,7H2,1-2H3,(H,16,17). The molecular formula is C13H14N2O2S. The van der Waals surface area contributed by atoms with Crippen molar-refractivity contribution < 1.29 is 9.90 Å². The second-order valence-corrected chi connectivity index (χ2v) is 5.23. The van der Waals surface area contributed by atoms with Crippen LogP contribution in [0.3, 0.4) is 0 Å². The molecule has 1 heterocycles. The molecule has 0 saturated carbocycles. The van der Waals surface area contributed by atoms with Crippen LogP contribution in [-0.2, 0) is 6.54 Å². The zero-order chi connectivity index (χ0) is 13.1. The van der Waals surface area contributed by atoms with Crippen LogP contribution >= 0.6 is 11.3 Å². The summed E-state index contributed by atoms with van der Waals surface area (Å²) in [5, 5.41) is 13.3. The molecule has 2 N–H and O–H groups in total. The number of thiazole rings is 1. The van der Waals surface area contributed by atoms with Gasteiger partial charge in [-0.15, -0.1) is 11.3 Å². The van der Waals surface area contributed by atoms with E-state index in [1.54, 1.807) is 29.5 Å². The Kier molecular flexibility index (Phi) is 3.62. The minimum atomic E-state index is -0.921. The number of carboxylic acids is 1. The Balaban J connectivity index is 2.15. The van der Waals surface area contributed by atoms with Gasteiger partial charge in [-0.1, -0.05) is 12.1 Å². The van der Waals surface area contributed by atoms with Gasteiger partial charge in [0.1, 0.15) is 0 Å². The number of hydrogen-bond donors (Lipinski definition) is 2. The van der Waals surface area contributed by atoms with Crippen molar-refractivity contribution in [1.82, 2.24) is 4.98 Å². The van der Waals surface area contributed by atoms with Crippen LogP contribution in [0, 0.1) is 13.8 Å². The predicted molar refractivity (Wildman–Crippen MR) is 72.3 cm³/mol. The fraction of sp³-hybridized carbons (Fsp3) is 0.231. The smallest absolute Gasteiger partial charge is 0.337 e. The Morgan fingerprint density at radius 1 is 1.39 bits per heavy atom. The van der Waals surface area contributed by atoms with E-state index in [9.17, 15) is 4.79 Å². The fourth-order valence-corrected chi connectivity index (χ4v) is 2.61. The molecule has 0 unspecified atom stereocenters. The maximum Gasteiger partial charge on any atom is 0.337 e. The van der Waals surface area contributed by atoms with Crippen LogP contribution in [0.4, 0.5) is 5.69 Å². The first kappa shape index (κ1) is 12.6. The van der Waals surface area contributed by atoms with Crippen molar-refractivity contribution in [2.45, 2.75) is 20.4 Å². The summed E-state index contributed by atoms with van der Waals surface area (Å²) in [6.07, 6.45) is 0. The number of hydrogen-bond acceptors (Lipinski definition) is 4. The number of carbonyl (C=O) groups is 1. The van der Waals surface area contributed by atoms with Crippen molar-refractivity contribution in [3.63, 3.8) is 0 Å². The number of aromatic carboxylic acids is 1. The van der Waals surface area contributed by atoms with Gasteiger partial charge >= 0.3 is 5.97 Å². The Hall–Kier alpha value is -1.88. The molecule has 0 atom stereocenters. The molecule has 5 heteroatoms. The Morgan fingerprint density at radius 2 is 2.11 bits per heavy atom. The maximum atomic E-state index is 11.1. The maximum absolute atomic E-state index is 11.1. The van der Waals surface area contributed by atoms with E-state index in [-0.39, 0.29) is 5.56 Å². The van der Waals surface area contributed by atoms with Crippen molar-refractivity contribution in [1.29, 1.82) is 0 Å². The first-order valence-electron chi connectivity index (χ1n) is 5.57. The molecule has 0 aliphatic carbocycles. The molecular weight excluding hydrogens is 248 g/mol. The number of nitrogens with one attached hydrogen (secondary N) is 1. The average Bonchev–Trinajstić information content (AvgIpc) is 2.65. The molecule has 0 amide bonds. The number of aryl methyl sites for hydroxylation is 2. The summed E-state index contributed by atoms with van der Waals surface area (Å²) < 4.78 is 0. The van der Waals surface area contributed by atoms with Crippen LogP contribution in [-0.4, -0.2) is 16.1 Å². The number of para-hydroxylation sites is 1. The third-order valence-corrected chi connectivity index (χ3v) is 3.67. The number of rotatable bonds is 4.